The van der Waals surface area contributed by atoms with Crippen LogP contribution in [-0.2, 0) is 15.1 Å². The van der Waals surface area contributed by atoms with Crippen LogP contribution in [0.5, 0.6) is 0 Å². The molecular weight excluding hydrogens is 308 g/mol. The molecule has 1 aliphatic heterocycles. The minimum Gasteiger partial charge on any atom is -0.352 e. The average Bonchev–Trinajstić information content (AvgIpc) is 2.62. The van der Waals surface area contributed by atoms with Crippen LogP contribution in [0.1, 0.15) is 26.3 Å². The van der Waals surface area contributed by atoms with Gasteiger partial charge in [-0.25, -0.2) is 13.6 Å². The van der Waals surface area contributed by atoms with Crippen LogP contribution in [0.4, 0.5) is 13.6 Å². The first kappa shape index (κ1) is 16.9. The molecule has 1 heterocycles. The van der Waals surface area contributed by atoms with Gasteiger partial charge in [-0.15, -0.1) is 0 Å². The highest BCUT2D eigenvalue weighted by Crippen LogP contribution is 2.30. The SMILES string of the molecule is CC(C)NC(=O)CN1C(=O)N[C@](C)(c2ccc(F)cc2F)C1=O. The van der Waals surface area contributed by atoms with E-state index in [-0.39, 0.29) is 11.6 Å². The molecule has 4 amide bonds. The van der Waals surface area contributed by atoms with E-state index in [1.807, 2.05) is 0 Å². The maximum Gasteiger partial charge on any atom is 0.325 e. The van der Waals surface area contributed by atoms with E-state index in [1.54, 1.807) is 13.8 Å². The van der Waals surface area contributed by atoms with E-state index in [1.165, 1.54) is 6.92 Å². The number of nitrogens with one attached hydrogen (secondary N) is 2. The fraction of sp³-hybridized carbons (Fsp3) is 0.400. The second-order valence-electron chi connectivity index (χ2n) is 5.79. The molecule has 0 bridgehead atoms. The lowest BCUT2D eigenvalue weighted by Gasteiger charge is -2.22. The van der Waals surface area contributed by atoms with Gasteiger partial charge in [0.1, 0.15) is 23.7 Å². The molecular formula is C15H17F2N3O3. The van der Waals surface area contributed by atoms with Crippen molar-refractivity contribution >= 4 is 17.8 Å². The Morgan fingerprint density at radius 1 is 1.35 bits per heavy atom. The Kier molecular flexibility index (Phi) is 4.35. The highest BCUT2D eigenvalue weighted by atomic mass is 19.1. The number of imide groups is 1. The Morgan fingerprint density at radius 3 is 2.57 bits per heavy atom. The molecule has 1 atom stereocenters. The van der Waals surface area contributed by atoms with Gasteiger partial charge in [0, 0.05) is 17.7 Å². The van der Waals surface area contributed by atoms with Crippen molar-refractivity contribution in [1.29, 1.82) is 0 Å². The number of hydrogen-bond acceptors (Lipinski definition) is 3. The second kappa shape index (κ2) is 5.94. The van der Waals surface area contributed by atoms with E-state index < -0.39 is 41.6 Å². The van der Waals surface area contributed by atoms with E-state index in [4.69, 9.17) is 0 Å². The van der Waals surface area contributed by atoms with Crippen molar-refractivity contribution in [2.75, 3.05) is 6.54 Å². The topological polar surface area (TPSA) is 78.5 Å². The van der Waals surface area contributed by atoms with Crippen molar-refractivity contribution in [3.8, 4) is 0 Å². The normalized spacial score (nSPS) is 20.9. The van der Waals surface area contributed by atoms with Crippen LogP contribution in [0.25, 0.3) is 0 Å². The molecule has 1 saturated heterocycles. The molecule has 2 N–H and O–H groups in total. The van der Waals surface area contributed by atoms with E-state index in [9.17, 15) is 23.2 Å². The predicted octanol–water partition coefficient (Wildman–Crippen LogP) is 1.26. The van der Waals surface area contributed by atoms with Crippen LogP contribution in [0.2, 0.25) is 0 Å². The van der Waals surface area contributed by atoms with Crippen LogP contribution < -0.4 is 10.6 Å². The van der Waals surface area contributed by atoms with Crippen molar-refractivity contribution in [3.63, 3.8) is 0 Å². The summed E-state index contributed by atoms with van der Waals surface area (Å²) in [6.45, 7) is 4.31. The van der Waals surface area contributed by atoms with Gasteiger partial charge in [0.25, 0.3) is 5.91 Å². The smallest absolute Gasteiger partial charge is 0.325 e. The maximum atomic E-state index is 14.0. The Hall–Kier alpha value is -2.51. The summed E-state index contributed by atoms with van der Waals surface area (Å²) in [6, 6.07) is 1.77. The number of urea groups is 1. The maximum absolute atomic E-state index is 14.0. The van der Waals surface area contributed by atoms with Gasteiger partial charge in [-0.05, 0) is 26.8 Å². The summed E-state index contributed by atoms with van der Waals surface area (Å²) in [5.74, 6) is -3.02. The Balaban J connectivity index is 2.27. The quantitative estimate of drug-likeness (QED) is 0.818. The van der Waals surface area contributed by atoms with E-state index in [2.05, 4.69) is 10.6 Å². The summed E-state index contributed by atoms with van der Waals surface area (Å²) in [6.07, 6.45) is 0. The Morgan fingerprint density at radius 2 is 2.00 bits per heavy atom. The number of carbonyl (C=O) groups is 3. The summed E-state index contributed by atoms with van der Waals surface area (Å²) < 4.78 is 27.0. The van der Waals surface area contributed by atoms with Crippen molar-refractivity contribution in [2.24, 2.45) is 0 Å². The molecule has 1 fully saturated rings. The fourth-order valence-corrected chi connectivity index (χ4v) is 2.43. The molecule has 0 spiro atoms. The molecule has 8 heteroatoms. The van der Waals surface area contributed by atoms with Crippen LogP contribution in [0.15, 0.2) is 18.2 Å². The number of benzene rings is 1. The van der Waals surface area contributed by atoms with Crippen molar-refractivity contribution in [2.45, 2.75) is 32.4 Å². The lowest BCUT2D eigenvalue weighted by atomic mass is 9.91. The molecule has 23 heavy (non-hydrogen) atoms. The lowest BCUT2D eigenvalue weighted by molar-refractivity contribution is -0.135. The van der Waals surface area contributed by atoms with Gasteiger partial charge in [0.15, 0.2) is 0 Å². The number of carbonyl (C=O) groups excluding carboxylic acids is 3. The molecule has 0 radical (unpaired) electrons. The molecule has 1 aromatic rings. The minimum atomic E-state index is -1.69. The molecule has 0 unspecified atom stereocenters. The number of halogens is 2. The zero-order valence-corrected chi connectivity index (χ0v) is 12.9. The zero-order valence-electron chi connectivity index (χ0n) is 12.9. The highest BCUT2D eigenvalue weighted by Gasteiger charge is 2.50. The number of nitrogens with zero attached hydrogens (tertiary/aromatic N) is 1. The van der Waals surface area contributed by atoms with Crippen LogP contribution in [-0.4, -0.2) is 35.3 Å². The summed E-state index contributed by atoms with van der Waals surface area (Å²) in [5.41, 5.74) is -1.85. The summed E-state index contributed by atoms with van der Waals surface area (Å²) in [7, 11) is 0. The first-order valence-corrected chi connectivity index (χ1v) is 7.04. The van der Waals surface area contributed by atoms with Crippen LogP contribution in [0.3, 0.4) is 0 Å². The third-order valence-electron chi connectivity index (χ3n) is 3.50. The number of hydrogen-bond donors (Lipinski definition) is 2. The number of amides is 4. The first-order valence-electron chi connectivity index (χ1n) is 7.04. The minimum absolute atomic E-state index is 0.149. The molecule has 0 saturated carbocycles. The van der Waals surface area contributed by atoms with Crippen molar-refractivity contribution < 1.29 is 23.2 Å². The van der Waals surface area contributed by atoms with Gasteiger partial charge in [-0.2, -0.15) is 0 Å². The van der Waals surface area contributed by atoms with Gasteiger partial charge >= 0.3 is 6.03 Å². The third kappa shape index (κ3) is 3.15. The molecule has 1 aromatic carbocycles. The standard InChI is InChI=1S/C15H17F2N3O3/c1-8(2)18-12(21)7-20-13(22)15(3,19-14(20)23)10-5-4-9(16)6-11(10)17/h4-6,8H,7H2,1-3H3,(H,18,21)(H,19,23)/t15-/m1/s1. The summed E-state index contributed by atoms with van der Waals surface area (Å²) in [4.78, 5) is 36.9. The van der Waals surface area contributed by atoms with Crippen LogP contribution in [0, 0.1) is 11.6 Å². The van der Waals surface area contributed by atoms with Gasteiger partial charge in [0.2, 0.25) is 5.91 Å². The lowest BCUT2D eigenvalue weighted by Crippen LogP contribution is -2.44. The van der Waals surface area contributed by atoms with E-state index in [0.717, 1.165) is 12.1 Å². The largest absolute Gasteiger partial charge is 0.352 e. The summed E-state index contributed by atoms with van der Waals surface area (Å²) >= 11 is 0. The molecule has 1 aliphatic rings. The third-order valence-corrected chi connectivity index (χ3v) is 3.50. The monoisotopic (exact) mass is 325 g/mol. The first-order chi connectivity index (χ1) is 10.6. The van der Waals surface area contributed by atoms with Crippen molar-refractivity contribution in [1.82, 2.24) is 15.5 Å². The zero-order chi connectivity index (χ0) is 17.4. The fourth-order valence-electron chi connectivity index (χ4n) is 2.43. The molecule has 6 nitrogen and oxygen atoms in total. The number of rotatable bonds is 4. The summed E-state index contributed by atoms with van der Waals surface area (Å²) in [5, 5.41) is 4.92. The van der Waals surface area contributed by atoms with Crippen molar-refractivity contribution in [3.05, 3.63) is 35.4 Å². The van der Waals surface area contributed by atoms with Crippen LogP contribution >= 0.6 is 0 Å². The van der Waals surface area contributed by atoms with Gasteiger partial charge < -0.3 is 10.6 Å². The molecule has 124 valence electrons. The Labute approximate surface area is 131 Å². The molecule has 0 aromatic heterocycles. The predicted molar refractivity (Wildman–Crippen MR) is 77.2 cm³/mol. The van der Waals surface area contributed by atoms with Gasteiger partial charge in [0.05, 0.1) is 0 Å². The van der Waals surface area contributed by atoms with E-state index in [0.29, 0.717) is 11.0 Å². The Bertz CT molecular complexity index is 678. The molecule has 0 aliphatic carbocycles. The highest BCUT2D eigenvalue weighted by molar-refractivity contribution is 6.09. The van der Waals surface area contributed by atoms with E-state index >= 15 is 0 Å². The second-order valence-corrected chi connectivity index (χ2v) is 5.79. The molecule has 2 rings (SSSR count). The average molecular weight is 325 g/mol. The van der Waals surface area contributed by atoms with Gasteiger partial charge in [-0.3, -0.25) is 14.5 Å². The van der Waals surface area contributed by atoms with Gasteiger partial charge in [-0.1, -0.05) is 6.07 Å².